The molecule has 0 saturated heterocycles. The van der Waals surface area contributed by atoms with Crippen molar-refractivity contribution < 1.29 is 33.0 Å². The summed E-state index contributed by atoms with van der Waals surface area (Å²) in [6.07, 6.45) is -0.220. The number of carboxylic acid groups (broad SMARTS) is 1. The lowest BCUT2D eigenvalue weighted by Gasteiger charge is -2.18. The lowest BCUT2D eigenvalue weighted by molar-refractivity contribution is -0.148. The fourth-order valence-corrected chi connectivity index (χ4v) is 1.87. The van der Waals surface area contributed by atoms with Crippen LogP contribution in [0.2, 0.25) is 0 Å². The Balaban J connectivity index is 2.81. The van der Waals surface area contributed by atoms with Crippen molar-refractivity contribution in [2.75, 3.05) is 6.61 Å². The van der Waals surface area contributed by atoms with Gasteiger partial charge in [0.15, 0.2) is 0 Å². The monoisotopic (exact) mass is 329 g/mol. The molecule has 0 heterocycles. The second-order valence-electron chi connectivity index (χ2n) is 4.88. The third kappa shape index (κ3) is 5.32. The number of esters is 1. The zero-order chi connectivity index (χ0) is 17.6. The topological polar surface area (TPSA) is 92.7 Å². The van der Waals surface area contributed by atoms with Gasteiger partial charge in [-0.05, 0) is 25.5 Å². The van der Waals surface area contributed by atoms with E-state index in [1.54, 1.807) is 6.92 Å². The third-order valence-electron chi connectivity index (χ3n) is 3.06. The minimum Gasteiger partial charge on any atom is -0.480 e. The van der Waals surface area contributed by atoms with Crippen molar-refractivity contribution in [3.05, 3.63) is 35.4 Å². The summed E-state index contributed by atoms with van der Waals surface area (Å²) in [7, 11) is 0. The van der Waals surface area contributed by atoms with Crippen molar-refractivity contribution in [2.24, 2.45) is 5.92 Å². The molecule has 0 unspecified atom stereocenters. The molecule has 0 saturated carbocycles. The Kier molecular flexibility index (Phi) is 6.62. The van der Waals surface area contributed by atoms with Gasteiger partial charge in [-0.25, -0.2) is 13.6 Å². The Bertz CT molecular complexity index is 606. The predicted molar refractivity (Wildman–Crippen MR) is 75.7 cm³/mol. The van der Waals surface area contributed by atoms with Crippen LogP contribution in [0.5, 0.6) is 0 Å². The SMILES string of the molecule is CCOC(=O)[C@@H](C)C[C@H](NC(=O)c1ccc(F)cc1F)C(=O)O. The van der Waals surface area contributed by atoms with E-state index in [4.69, 9.17) is 9.84 Å². The van der Waals surface area contributed by atoms with E-state index in [1.165, 1.54) is 6.92 Å². The highest BCUT2D eigenvalue weighted by Gasteiger charge is 2.27. The minimum absolute atomic E-state index is 0.147. The van der Waals surface area contributed by atoms with Crippen LogP contribution in [0.3, 0.4) is 0 Å². The van der Waals surface area contributed by atoms with Crippen molar-refractivity contribution in [3.8, 4) is 0 Å². The van der Waals surface area contributed by atoms with Crippen LogP contribution in [-0.2, 0) is 14.3 Å². The van der Waals surface area contributed by atoms with Gasteiger partial charge in [0.05, 0.1) is 18.1 Å². The molecule has 23 heavy (non-hydrogen) atoms. The van der Waals surface area contributed by atoms with E-state index >= 15 is 0 Å². The molecule has 0 aliphatic rings. The standard InChI is InChI=1S/C15H17F2NO5/c1-3-23-15(22)8(2)6-12(14(20)21)18-13(19)10-5-4-9(16)7-11(10)17/h4-5,7-8,12H,3,6H2,1-2H3,(H,18,19)(H,20,21)/t8-,12-/m0/s1. The number of carbonyl (C=O) groups is 3. The molecular weight excluding hydrogens is 312 g/mol. The Morgan fingerprint density at radius 3 is 2.48 bits per heavy atom. The third-order valence-corrected chi connectivity index (χ3v) is 3.06. The minimum atomic E-state index is -1.41. The fourth-order valence-electron chi connectivity index (χ4n) is 1.87. The van der Waals surface area contributed by atoms with E-state index in [0.717, 1.165) is 12.1 Å². The second kappa shape index (κ2) is 8.21. The number of carboxylic acids is 1. The highest BCUT2D eigenvalue weighted by atomic mass is 19.1. The van der Waals surface area contributed by atoms with Crippen LogP contribution < -0.4 is 5.32 Å². The summed E-state index contributed by atoms with van der Waals surface area (Å²) in [6, 6.07) is 0.903. The fraction of sp³-hybridized carbons (Fsp3) is 0.400. The first-order chi connectivity index (χ1) is 10.8. The number of nitrogens with one attached hydrogen (secondary N) is 1. The number of aliphatic carboxylic acids is 1. The average molecular weight is 329 g/mol. The van der Waals surface area contributed by atoms with Crippen LogP contribution in [0.15, 0.2) is 18.2 Å². The van der Waals surface area contributed by atoms with Crippen molar-refractivity contribution in [2.45, 2.75) is 26.3 Å². The summed E-state index contributed by atoms with van der Waals surface area (Å²) in [4.78, 5) is 34.6. The molecular formula is C15H17F2NO5. The Morgan fingerprint density at radius 1 is 1.30 bits per heavy atom. The van der Waals surface area contributed by atoms with Gasteiger partial charge in [0.1, 0.15) is 17.7 Å². The Labute approximate surface area is 131 Å². The average Bonchev–Trinajstić information content (AvgIpc) is 2.46. The maximum absolute atomic E-state index is 13.5. The van der Waals surface area contributed by atoms with Gasteiger partial charge in [0.2, 0.25) is 0 Å². The van der Waals surface area contributed by atoms with Gasteiger partial charge in [0.25, 0.3) is 5.91 Å². The highest BCUT2D eigenvalue weighted by Crippen LogP contribution is 2.12. The zero-order valence-electron chi connectivity index (χ0n) is 12.6. The molecule has 126 valence electrons. The highest BCUT2D eigenvalue weighted by molar-refractivity contribution is 5.96. The molecule has 0 aliphatic heterocycles. The van der Waals surface area contributed by atoms with Crippen molar-refractivity contribution in [1.29, 1.82) is 0 Å². The Morgan fingerprint density at radius 2 is 1.96 bits per heavy atom. The summed E-state index contributed by atoms with van der Waals surface area (Å²) >= 11 is 0. The van der Waals surface area contributed by atoms with Crippen LogP contribution in [0.1, 0.15) is 30.6 Å². The smallest absolute Gasteiger partial charge is 0.326 e. The predicted octanol–water partition coefficient (Wildman–Crippen LogP) is 1.74. The van der Waals surface area contributed by atoms with Crippen molar-refractivity contribution >= 4 is 17.8 Å². The first-order valence-corrected chi connectivity index (χ1v) is 6.91. The normalized spacial score (nSPS) is 13.0. The quantitative estimate of drug-likeness (QED) is 0.743. The van der Waals surface area contributed by atoms with Crippen LogP contribution in [0.4, 0.5) is 8.78 Å². The van der Waals surface area contributed by atoms with E-state index in [1.807, 2.05) is 0 Å². The molecule has 2 atom stereocenters. The summed E-state index contributed by atoms with van der Waals surface area (Å²) in [5, 5.41) is 11.2. The lowest BCUT2D eigenvalue weighted by atomic mass is 10.0. The maximum atomic E-state index is 13.5. The summed E-state index contributed by atoms with van der Waals surface area (Å²) in [5.74, 6) is -5.71. The number of ether oxygens (including phenoxy) is 1. The molecule has 6 nitrogen and oxygen atoms in total. The van der Waals surface area contributed by atoms with Crippen LogP contribution >= 0.6 is 0 Å². The van der Waals surface area contributed by atoms with Crippen molar-refractivity contribution in [1.82, 2.24) is 5.32 Å². The van der Waals surface area contributed by atoms with Crippen LogP contribution in [0, 0.1) is 17.6 Å². The van der Waals surface area contributed by atoms with Gasteiger partial charge >= 0.3 is 11.9 Å². The van der Waals surface area contributed by atoms with Gasteiger partial charge in [-0.1, -0.05) is 6.92 Å². The number of amides is 1. The zero-order valence-corrected chi connectivity index (χ0v) is 12.6. The molecule has 1 amide bonds. The molecule has 1 aromatic rings. The Hall–Kier alpha value is -2.51. The number of hydrogen-bond acceptors (Lipinski definition) is 4. The van der Waals surface area contributed by atoms with Gasteiger partial charge in [-0.2, -0.15) is 0 Å². The summed E-state index contributed by atoms with van der Waals surface area (Å²) in [5.41, 5.74) is -0.485. The number of halogens is 2. The van der Waals surface area contributed by atoms with E-state index in [2.05, 4.69) is 5.32 Å². The molecule has 1 aromatic carbocycles. The molecule has 2 N–H and O–H groups in total. The number of rotatable bonds is 7. The molecule has 0 aromatic heterocycles. The molecule has 0 bridgehead atoms. The van der Waals surface area contributed by atoms with Crippen LogP contribution in [0.25, 0.3) is 0 Å². The summed E-state index contributed by atoms with van der Waals surface area (Å²) in [6.45, 7) is 3.21. The van der Waals surface area contributed by atoms with E-state index in [-0.39, 0.29) is 13.0 Å². The van der Waals surface area contributed by atoms with Gasteiger partial charge in [0, 0.05) is 6.07 Å². The number of benzene rings is 1. The first-order valence-electron chi connectivity index (χ1n) is 6.91. The molecule has 0 radical (unpaired) electrons. The van der Waals surface area contributed by atoms with Crippen molar-refractivity contribution in [3.63, 3.8) is 0 Å². The molecule has 8 heteroatoms. The molecule has 0 fully saturated rings. The molecule has 0 spiro atoms. The van der Waals surface area contributed by atoms with E-state index in [9.17, 15) is 23.2 Å². The van der Waals surface area contributed by atoms with E-state index < -0.39 is 47.0 Å². The van der Waals surface area contributed by atoms with E-state index in [0.29, 0.717) is 6.07 Å². The molecule has 0 aliphatic carbocycles. The molecule has 1 rings (SSSR count). The lowest BCUT2D eigenvalue weighted by Crippen LogP contribution is -2.43. The van der Waals surface area contributed by atoms with Crippen LogP contribution in [-0.4, -0.2) is 35.6 Å². The summed E-state index contributed by atoms with van der Waals surface area (Å²) < 4.78 is 31.1. The van der Waals surface area contributed by atoms with Gasteiger partial charge in [-0.3, -0.25) is 9.59 Å². The second-order valence-corrected chi connectivity index (χ2v) is 4.88. The van der Waals surface area contributed by atoms with Gasteiger partial charge < -0.3 is 15.2 Å². The largest absolute Gasteiger partial charge is 0.480 e. The maximum Gasteiger partial charge on any atom is 0.326 e. The number of carbonyl (C=O) groups excluding carboxylic acids is 2. The first kappa shape index (κ1) is 18.5. The van der Waals surface area contributed by atoms with Gasteiger partial charge in [-0.15, -0.1) is 0 Å². The number of hydrogen-bond donors (Lipinski definition) is 2.